The van der Waals surface area contributed by atoms with Crippen LogP contribution in [0.25, 0.3) is 0 Å². The van der Waals surface area contributed by atoms with E-state index in [4.69, 9.17) is 5.84 Å². The number of hydrogen-bond acceptors (Lipinski definition) is 4. The fourth-order valence-electron chi connectivity index (χ4n) is 1.44. The maximum atomic E-state index is 11.7. The molecule has 0 unspecified atom stereocenters. The number of nitrogens with one attached hydrogen (secondary N) is 2. The molecular formula is C11H17N3O3S. The molecule has 0 radical (unpaired) electrons. The number of rotatable bonds is 6. The van der Waals surface area contributed by atoms with Crippen LogP contribution in [0.4, 0.5) is 0 Å². The van der Waals surface area contributed by atoms with Gasteiger partial charge in [-0.1, -0.05) is 19.1 Å². The van der Waals surface area contributed by atoms with Gasteiger partial charge in [-0.3, -0.25) is 10.2 Å². The molecule has 0 saturated carbocycles. The molecule has 0 aromatic heterocycles. The Morgan fingerprint density at radius 1 is 1.28 bits per heavy atom. The van der Waals surface area contributed by atoms with Crippen LogP contribution in [-0.4, -0.2) is 20.9 Å². The highest BCUT2D eigenvalue weighted by atomic mass is 32.2. The predicted molar refractivity (Wildman–Crippen MR) is 68.0 cm³/mol. The van der Waals surface area contributed by atoms with E-state index in [9.17, 15) is 13.2 Å². The SMILES string of the molecule is CCNS(=O)(=O)c1ccc(CCC(=O)NN)cc1. The van der Waals surface area contributed by atoms with E-state index < -0.39 is 10.0 Å². The third-order valence-corrected chi connectivity index (χ3v) is 3.93. The summed E-state index contributed by atoms with van der Waals surface area (Å²) in [6.07, 6.45) is 0.792. The number of hydrazine groups is 1. The standard InChI is InChI=1S/C11H17N3O3S/c1-2-13-18(16,17)10-6-3-9(4-7-10)5-8-11(15)14-12/h3-4,6-7,13H,2,5,8,12H2,1H3,(H,14,15). The van der Waals surface area contributed by atoms with E-state index in [1.807, 2.05) is 5.43 Å². The first-order valence-electron chi connectivity index (χ1n) is 5.57. The number of carbonyl (C=O) groups is 1. The van der Waals surface area contributed by atoms with Gasteiger partial charge in [0, 0.05) is 13.0 Å². The van der Waals surface area contributed by atoms with Crippen molar-refractivity contribution in [3.8, 4) is 0 Å². The van der Waals surface area contributed by atoms with Crippen LogP contribution in [0.2, 0.25) is 0 Å². The minimum atomic E-state index is -3.41. The molecule has 1 rings (SSSR count). The molecule has 0 aliphatic rings. The Morgan fingerprint density at radius 3 is 2.39 bits per heavy atom. The summed E-state index contributed by atoms with van der Waals surface area (Å²) in [5.41, 5.74) is 2.93. The van der Waals surface area contributed by atoms with Gasteiger partial charge < -0.3 is 0 Å². The van der Waals surface area contributed by atoms with Crippen LogP contribution < -0.4 is 16.0 Å². The zero-order valence-corrected chi connectivity index (χ0v) is 11.0. The van der Waals surface area contributed by atoms with Gasteiger partial charge in [0.15, 0.2) is 0 Å². The van der Waals surface area contributed by atoms with Gasteiger partial charge in [0.2, 0.25) is 15.9 Å². The molecule has 18 heavy (non-hydrogen) atoms. The van der Waals surface area contributed by atoms with Crippen molar-refractivity contribution in [1.82, 2.24) is 10.1 Å². The minimum absolute atomic E-state index is 0.219. The van der Waals surface area contributed by atoms with Gasteiger partial charge in [-0.25, -0.2) is 19.0 Å². The van der Waals surface area contributed by atoms with Gasteiger partial charge in [0.05, 0.1) is 4.90 Å². The monoisotopic (exact) mass is 271 g/mol. The molecule has 1 amide bonds. The number of amides is 1. The second kappa shape index (κ2) is 6.48. The predicted octanol–water partition coefficient (Wildman–Crippen LogP) is -0.0927. The molecule has 0 fully saturated rings. The zero-order valence-electron chi connectivity index (χ0n) is 10.1. The summed E-state index contributed by atoms with van der Waals surface area (Å²) < 4.78 is 25.7. The Bertz CT molecular complexity index is 497. The zero-order chi connectivity index (χ0) is 13.6. The van der Waals surface area contributed by atoms with E-state index in [-0.39, 0.29) is 17.2 Å². The lowest BCUT2D eigenvalue weighted by Crippen LogP contribution is -2.30. The average Bonchev–Trinajstić information content (AvgIpc) is 2.36. The van der Waals surface area contributed by atoms with Crippen molar-refractivity contribution in [3.63, 3.8) is 0 Å². The number of benzene rings is 1. The van der Waals surface area contributed by atoms with E-state index >= 15 is 0 Å². The number of aryl methyl sites for hydroxylation is 1. The van der Waals surface area contributed by atoms with Crippen LogP contribution in [0.1, 0.15) is 18.9 Å². The maximum Gasteiger partial charge on any atom is 0.240 e. The molecule has 7 heteroatoms. The van der Waals surface area contributed by atoms with E-state index in [1.54, 1.807) is 19.1 Å². The smallest absolute Gasteiger partial charge is 0.240 e. The van der Waals surface area contributed by atoms with Gasteiger partial charge in [0.25, 0.3) is 0 Å². The molecule has 100 valence electrons. The second-order valence-electron chi connectivity index (χ2n) is 3.71. The minimum Gasteiger partial charge on any atom is -0.294 e. The lowest BCUT2D eigenvalue weighted by Gasteiger charge is -2.05. The fourth-order valence-corrected chi connectivity index (χ4v) is 2.48. The summed E-state index contributed by atoms with van der Waals surface area (Å²) in [4.78, 5) is 11.2. The Hall–Kier alpha value is -1.44. The number of carbonyl (C=O) groups excluding carboxylic acids is 1. The number of nitrogens with two attached hydrogens (primary N) is 1. The fraction of sp³-hybridized carbons (Fsp3) is 0.364. The molecule has 0 aliphatic carbocycles. The van der Waals surface area contributed by atoms with E-state index in [0.717, 1.165) is 5.56 Å². The van der Waals surface area contributed by atoms with Crippen molar-refractivity contribution in [1.29, 1.82) is 0 Å². The molecule has 0 atom stereocenters. The molecule has 6 nitrogen and oxygen atoms in total. The Kier molecular flexibility index (Phi) is 5.26. The van der Waals surface area contributed by atoms with Gasteiger partial charge in [-0.05, 0) is 24.1 Å². The molecule has 1 aromatic rings. The van der Waals surface area contributed by atoms with Crippen LogP contribution in [0.3, 0.4) is 0 Å². The van der Waals surface area contributed by atoms with Crippen molar-refractivity contribution in [2.75, 3.05) is 6.54 Å². The Morgan fingerprint density at radius 2 is 1.89 bits per heavy atom. The molecule has 0 saturated heterocycles. The Labute approximate surface area is 107 Å². The molecule has 0 bridgehead atoms. The van der Waals surface area contributed by atoms with Crippen LogP contribution >= 0.6 is 0 Å². The highest BCUT2D eigenvalue weighted by Crippen LogP contribution is 2.11. The highest BCUT2D eigenvalue weighted by molar-refractivity contribution is 7.89. The van der Waals surface area contributed by atoms with Crippen LogP contribution in [0.5, 0.6) is 0 Å². The summed E-state index contributed by atoms with van der Waals surface area (Å²) in [5, 5.41) is 0. The molecular weight excluding hydrogens is 254 g/mol. The largest absolute Gasteiger partial charge is 0.294 e. The first kappa shape index (κ1) is 14.6. The summed E-state index contributed by atoms with van der Waals surface area (Å²) in [6, 6.07) is 6.42. The number of hydrogen-bond donors (Lipinski definition) is 3. The summed E-state index contributed by atoms with van der Waals surface area (Å²) in [7, 11) is -3.41. The summed E-state index contributed by atoms with van der Waals surface area (Å²) in [5.74, 6) is 4.71. The first-order valence-corrected chi connectivity index (χ1v) is 7.06. The second-order valence-corrected chi connectivity index (χ2v) is 5.48. The third-order valence-electron chi connectivity index (χ3n) is 2.37. The normalized spacial score (nSPS) is 11.2. The molecule has 4 N–H and O–H groups in total. The summed E-state index contributed by atoms with van der Waals surface area (Å²) >= 11 is 0. The van der Waals surface area contributed by atoms with Gasteiger partial charge in [-0.2, -0.15) is 0 Å². The Balaban J connectivity index is 2.71. The van der Waals surface area contributed by atoms with Gasteiger partial charge >= 0.3 is 0 Å². The van der Waals surface area contributed by atoms with Crippen molar-refractivity contribution >= 4 is 15.9 Å². The van der Waals surface area contributed by atoms with Crippen molar-refractivity contribution in [2.24, 2.45) is 5.84 Å². The average molecular weight is 271 g/mol. The third kappa shape index (κ3) is 4.10. The van der Waals surface area contributed by atoms with E-state index in [0.29, 0.717) is 13.0 Å². The topological polar surface area (TPSA) is 101 Å². The van der Waals surface area contributed by atoms with Crippen LogP contribution in [0, 0.1) is 0 Å². The van der Waals surface area contributed by atoms with E-state index in [1.165, 1.54) is 12.1 Å². The lowest BCUT2D eigenvalue weighted by atomic mass is 10.1. The van der Waals surface area contributed by atoms with Gasteiger partial charge in [0.1, 0.15) is 0 Å². The van der Waals surface area contributed by atoms with E-state index in [2.05, 4.69) is 4.72 Å². The van der Waals surface area contributed by atoms with Gasteiger partial charge in [-0.15, -0.1) is 0 Å². The van der Waals surface area contributed by atoms with Crippen LogP contribution in [-0.2, 0) is 21.2 Å². The van der Waals surface area contributed by atoms with Crippen molar-refractivity contribution in [2.45, 2.75) is 24.7 Å². The van der Waals surface area contributed by atoms with Crippen LogP contribution in [0.15, 0.2) is 29.2 Å². The maximum absolute atomic E-state index is 11.7. The lowest BCUT2D eigenvalue weighted by molar-refractivity contribution is -0.121. The highest BCUT2D eigenvalue weighted by Gasteiger charge is 2.11. The quantitative estimate of drug-likeness (QED) is 0.382. The molecule has 0 aliphatic heterocycles. The first-order chi connectivity index (χ1) is 8.49. The van der Waals surface area contributed by atoms with Crippen molar-refractivity contribution < 1.29 is 13.2 Å². The molecule has 0 heterocycles. The molecule has 1 aromatic carbocycles. The molecule has 0 spiro atoms. The number of sulfonamides is 1. The van der Waals surface area contributed by atoms with Crippen molar-refractivity contribution in [3.05, 3.63) is 29.8 Å². The summed E-state index contributed by atoms with van der Waals surface area (Å²) in [6.45, 7) is 2.07.